The standard InChI is InChI=1S/C18H20N4O3/c23-16-12-25-18(17(16)24)15(22-21-14-9-5-2-6-10-14)11-19-20-13-7-3-1-4-8-13/h1-11,16-18,20-21,23-24H,12H2/b19-11-,22-15+/t16-,17-,18-/m1/s1. The van der Waals surface area contributed by atoms with Crippen molar-refractivity contribution < 1.29 is 14.9 Å². The molecule has 0 aromatic heterocycles. The first kappa shape index (κ1) is 17.1. The highest BCUT2D eigenvalue weighted by atomic mass is 16.5. The number of anilines is 2. The zero-order chi connectivity index (χ0) is 17.5. The number of nitrogens with zero attached hydrogens (tertiary/aromatic N) is 2. The minimum Gasteiger partial charge on any atom is -0.388 e. The Labute approximate surface area is 145 Å². The number of hydrogen-bond acceptors (Lipinski definition) is 7. The third kappa shape index (κ3) is 4.63. The van der Waals surface area contributed by atoms with Crippen LogP contribution in [0.3, 0.4) is 0 Å². The lowest BCUT2D eigenvalue weighted by molar-refractivity contribution is 0.0476. The second-order valence-corrected chi connectivity index (χ2v) is 5.56. The molecule has 25 heavy (non-hydrogen) atoms. The van der Waals surface area contributed by atoms with E-state index in [1.54, 1.807) is 0 Å². The molecule has 2 aromatic carbocycles. The highest BCUT2D eigenvalue weighted by Crippen LogP contribution is 2.16. The monoisotopic (exact) mass is 340 g/mol. The zero-order valence-corrected chi connectivity index (χ0v) is 13.5. The summed E-state index contributed by atoms with van der Waals surface area (Å²) in [6.07, 6.45) is -1.29. The minimum absolute atomic E-state index is 0.0517. The van der Waals surface area contributed by atoms with Crippen LogP contribution in [-0.4, -0.2) is 47.1 Å². The maximum absolute atomic E-state index is 10.1. The van der Waals surface area contributed by atoms with Crippen molar-refractivity contribution in [1.82, 2.24) is 0 Å². The Balaban J connectivity index is 1.74. The Bertz CT molecular complexity index is 722. The lowest BCUT2D eigenvalue weighted by Gasteiger charge is -2.15. The van der Waals surface area contributed by atoms with Gasteiger partial charge in [-0.15, -0.1) is 0 Å². The molecule has 0 radical (unpaired) electrons. The largest absolute Gasteiger partial charge is 0.388 e. The molecule has 1 fully saturated rings. The van der Waals surface area contributed by atoms with Crippen molar-refractivity contribution in [2.24, 2.45) is 10.2 Å². The molecule has 3 atom stereocenters. The molecule has 7 nitrogen and oxygen atoms in total. The number of ether oxygens (including phenoxy) is 1. The third-order valence-corrected chi connectivity index (χ3v) is 3.69. The lowest BCUT2D eigenvalue weighted by Crippen LogP contribution is -2.37. The van der Waals surface area contributed by atoms with E-state index in [-0.39, 0.29) is 6.61 Å². The lowest BCUT2D eigenvalue weighted by atomic mass is 10.1. The fraction of sp³-hybridized carbons (Fsp3) is 0.222. The summed E-state index contributed by atoms with van der Waals surface area (Å²) >= 11 is 0. The van der Waals surface area contributed by atoms with Gasteiger partial charge in [0.15, 0.2) is 0 Å². The van der Waals surface area contributed by atoms with Crippen LogP contribution in [0, 0.1) is 0 Å². The molecule has 4 N–H and O–H groups in total. The first-order valence-corrected chi connectivity index (χ1v) is 7.94. The van der Waals surface area contributed by atoms with Gasteiger partial charge in [0.1, 0.15) is 24.0 Å². The van der Waals surface area contributed by atoms with Gasteiger partial charge in [-0.05, 0) is 24.3 Å². The maximum Gasteiger partial charge on any atom is 0.131 e. The summed E-state index contributed by atoms with van der Waals surface area (Å²) in [5.41, 5.74) is 7.77. The molecule has 0 spiro atoms. The van der Waals surface area contributed by atoms with Crippen LogP contribution in [-0.2, 0) is 4.74 Å². The van der Waals surface area contributed by atoms with E-state index in [1.807, 2.05) is 60.7 Å². The first-order valence-electron chi connectivity index (χ1n) is 7.94. The van der Waals surface area contributed by atoms with Crippen molar-refractivity contribution in [2.75, 3.05) is 17.5 Å². The van der Waals surface area contributed by atoms with Crippen LogP contribution in [0.25, 0.3) is 0 Å². The number of nitrogens with one attached hydrogen (secondary N) is 2. The van der Waals surface area contributed by atoms with Crippen LogP contribution < -0.4 is 10.9 Å². The van der Waals surface area contributed by atoms with Gasteiger partial charge in [-0.1, -0.05) is 36.4 Å². The number of aliphatic hydroxyl groups excluding tert-OH is 2. The quantitative estimate of drug-likeness (QED) is 0.474. The third-order valence-electron chi connectivity index (χ3n) is 3.69. The summed E-state index contributed by atoms with van der Waals surface area (Å²) in [4.78, 5) is 0. The average molecular weight is 340 g/mol. The smallest absolute Gasteiger partial charge is 0.131 e. The molecule has 1 saturated heterocycles. The highest BCUT2D eigenvalue weighted by molar-refractivity contribution is 6.33. The van der Waals surface area contributed by atoms with Gasteiger partial charge in [0, 0.05) is 0 Å². The summed E-state index contributed by atoms with van der Waals surface area (Å²) in [6.45, 7) is 0.0517. The van der Waals surface area contributed by atoms with E-state index in [1.165, 1.54) is 6.21 Å². The molecule has 3 rings (SSSR count). The van der Waals surface area contributed by atoms with E-state index >= 15 is 0 Å². The Morgan fingerprint density at radius 3 is 2.12 bits per heavy atom. The number of para-hydroxylation sites is 2. The molecule has 0 bridgehead atoms. The molecule has 1 aliphatic heterocycles. The van der Waals surface area contributed by atoms with Gasteiger partial charge in [0.05, 0.1) is 24.2 Å². The fourth-order valence-corrected chi connectivity index (χ4v) is 2.35. The summed E-state index contributed by atoms with van der Waals surface area (Å²) < 4.78 is 5.44. The number of rotatable bonds is 6. The number of aliphatic hydroxyl groups is 2. The molecule has 2 aromatic rings. The van der Waals surface area contributed by atoms with Crippen molar-refractivity contribution >= 4 is 23.3 Å². The minimum atomic E-state index is -1.06. The SMILES string of the molecule is O[C@@H]1[C@H](O)CO[C@@H]1C(/C=N\Nc1ccccc1)=N/Nc1ccccc1. The predicted octanol–water partition coefficient (Wildman–Crippen LogP) is 1.67. The molecule has 0 amide bonds. The Kier molecular flexibility index (Phi) is 5.73. The zero-order valence-electron chi connectivity index (χ0n) is 13.5. The summed E-state index contributed by atoms with van der Waals surface area (Å²) in [5, 5.41) is 28.2. The summed E-state index contributed by atoms with van der Waals surface area (Å²) in [5.74, 6) is 0. The van der Waals surface area contributed by atoms with Crippen LogP contribution in [0.15, 0.2) is 70.9 Å². The summed E-state index contributed by atoms with van der Waals surface area (Å²) in [6, 6.07) is 18.8. The molecule has 1 aliphatic rings. The van der Waals surface area contributed by atoms with E-state index in [0.29, 0.717) is 5.71 Å². The Morgan fingerprint density at radius 2 is 1.56 bits per heavy atom. The van der Waals surface area contributed by atoms with Crippen molar-refractivity contribution in [3.05, 3.63) is 60.7 Å². The van der Waals surface area contributed by atoms with Gasteiger partial charge >= 0.3 is 0 Å². The topological polar surface area (TPSA) is 98.5 Å². The van der Waals surface area contributed by atoms with Gasteiger partial charge in [-0.25, -0.2) is 0 Å². The molecule has 0 saturated carbocycles. The van der Waals surface area contributed by atoms with Crippen LogP contribution in [0.5, 0.6) is 0 Å². The van der Waals surface area contributed by atoms with E-state index in [4.69, 9.17) is 4.74 Å². The summed E-state index contributed by atoms with van der Waals surface area (Å²) in [7, 11) is 0. The van der Waals surface area contributed by atoms with E-state index < -0.39 is 18.3 Å². The van der Waals surface area contributed by atoms with Crippen LogP contribution in [0.1, 0.15) is 0 Å². The second-order valence-electron chi connectivity index (χ2n) is 5.56. The molecule has 0 unspecified atom stereocenters. The molecule has 0 aliphatic carbocycles. The second kappa shape index (κ2) is 8.39. The van der Waals surface area contributed by atoms with E-state index in [0.717, 1.165) is 11.4 Å². The van der Waals surface area contributed by atoms with Gasteiger partial charge in [0.25, 0.3) is 0 Å². The van der Waals surface area contributed by atoms with Crippen LogP contribution in [0.2, 0.25) is 0 Å². The fourth-order valence-electron chi connectivity index (χ4n) is 2.35. The van der Waals surface area contributed by atoms with Crippen molar-refractivity contribution in [1.29, 1.82) is 0 Å². The van der Waals surface area contributed by atoms with Gasteiger partial charge in [0.2, 0.25) is 0 Å². The molecular formula is C18H20N4O3. The molecular weight excluding hydrogens is 320 g/mol. The molecule has 7 heteroatoms. The van der Waals surface area contributed by atoms with E-state index in [2.05, 4.69) is 21.1 Å². The van der Waals surface area contributed by atoms with E-state index in [9.17, 15) is 10.2 Å². The normalized spacial score (nSPS) is 23.8. The number of benzene rings is 2. The van der Waals surface area contributed by atoms with Gasteiger partial charge < -0.3 is 14.9 Å². The molecule has 1 heterocycles. The Morgan fingerprint density at radius 1 is 0.960 bits per heavy atom. The molecule has 130 valence electrons. The average Bonchev–Trinajstić information content (AvgIpc) is 2.99. The van der Waals surface area contributed by atoms with Crippen molar-refractivity contribution in [3.63, 3.8) is 0 Å². The number of hydrogen-bond donors (Lipinski definition) is 4. The Hall–Kier alpha value is -2.74. The highest BCUT2D eigenvalue weighted by Gasteiger charge is 2.37. The van der Waals surface area contributed by atoms with Crippen molar-refractivity contribution in [3.8, 4) is 0 Å². The van der Waals surface area contributed by atoms with Gasteiger partial charge in [-0.2, -0.15) is 10.2 Å². The maximum atomic E-state index is 10.1. The number of hydrazone groups is 2. The van der Waals surface area contributed by atoms with Crippen LogP contribution in [0.4, 0.5) is 11.4 Å². The van der Waals surface area contributed by atoms with Crippen LogP contribution >= 0.6 is 0 Å². The first-order chi connectivity index (χ1) is 12.2. The van der Waals surface area contributed by atoms with Gasteiger partial charge in [-0.3, -0.25) is 10.9 Å². The predicted molar refractivity (Wildman–Crippen MR) is 97.8 cm³/mol. The van der Waals surface area contributed by atoms with Crippen molar-refractivity contribution in [2.45, 2.75) is 18.3 Å².